The highest BCUT2D eigenvalue weighted by molar-refractivity contribution is 5.98. The van der Waals surface area contributed by atoms with E-state index in [-0.39, 0.29) is 12.1 Å². The highest BCUT2D eigenvalue weighted by Crippen LogP contribution is 2.41. The van der Waals surface area contributed by atoms with E-state index >= 15 is 0 Å². The molecule has 1 aliphatic heterocycles. The van der Waals surface area contributed by atoms with Crippen molar-refractivity contribution in [2.45, 2.75) is 12.1 Å². The summed E-state index contributed by atoms with van der Waals surface area (Å²) in [5.41, 5.74) is 3.41. The molecule has 0 saturated heterocycles. The Kier molecular flexibility index (Phi) is 3.83. The largest absolute Gasteiger partial charge is 0.349 e. The van der Waals surface area contributed by atoms with Gasteiger partial charge in [-0.15, -0.1) is 0 Å². The zero-order valence-corrected chi connectivity index (χ0v) is 13.6. The fraction of sp³-hybridized carbons (Fsp3) is 0.143. The Morgan fingerprint density at radius 1 is 0.750 bits per heavy atom. The first kappa shape index (κ1) is 14.6. The van der Waals surface area contributed by atoms with Gasteiger partial charge in [-0.3, -0.25) is 9.98 Å². The first-order valence-electron chi connectivity index (χ1n) is 8.16. The minimum Gasteiger partial charge on any atom is -0.349 e. The van der Waals surface area contributed by atoms with E-state index in [9.17, 15) is 0 Å². The molecule has 0 N–H and O–H groups in total. The zero-order valence-electron chi connectivity index (χ0n) is 13.6. The number of hydrogen-bond donors (Lipinski definition) is 0. The maximum Gasteiger partial charge on any atom is 0.150 e. The Morgan fingerprint density at radius 3 is 2.00 bits per heavy atom. The summed E-state index contributed by atoms with van der Waals surface area (Å²) in [6.07, 6.45) is 1.82. The number of aromatic nitrogens is 1. The van der Waals surface area contributed by atoms with Crippen molar-refractivity contribution in [2.24, 2.45) is 4.99 Å². The van der Waals surface area contributed by atoms with Crippen LogP contribution in [0.5, 0.6) is 0 Å². The van der Waals surface area contributed by atoms with Gasteiger partial charge in [0.05, 0.1) is 6.04 Å². The van der Waals surface area contributed by atoms with Gasteiger partial charge in [0.2, 0.25) is 0 Å². The lowest BCUT2D eigenvalue weighted by Gasteiger charge is -2.27. The molecule has 1 aliphatic rings. The van der Waals surface area contributed by atoms with Crippen LogP contribution in [-0.2, 0) is 0 Å². The molecule has 3 heteroatoms. The normalized spacial score (nSPS) is 20.0. The molecule has 0 amide bonds. The molecule has 118 valence electrons. The number of benzene rings is 2. The summed E-state index contributed by atoms with van der Waals surface area (Å²) >= 11 is 0. The van der Waals surface area contributed by atoms with Crippen LogP contribution in [0.2, 0.25) is 0 Å². The molecule has 2 atom stereocenters. The first-order chi connectivity index (χ1) is 11.8. The van der Waals surface area contributed by atoms with Crippen molar-refractivity contribution in [3.63, 3.8) is 0 Å². The van der Waals surface area contributed by atoms with Gasteiger partial charge < -0.3 is 4.90 Å². The van der Waals surface area contributed by atoms with Crippen LogP contribution < -0.4 is 0 Å². The number of hydrogen-bond acceptors (Lipinski definition) is 3. The highest BCUT2D eigenvalue weighted by Gasteiger charge is 2.36. The lowest BCUT2D eigenvalue weighted by Crippen LogP contribution is -2.28. The van der Waals surface area contributed by atoms with Crippen LogP contribution in [0.3, 0.4) is 0 Å². The maximum absolute atomic E-state index is 5.05. The van der Waals surface area contributed by atoms with Gasteiger partial charge in [0.15, 0.2) is 5.84 Å². The summed E-state index contributed by atoms with van der Waals surface area (Å²) in [6, 6.07) is 27.3. The quantitative estimate of drug-likeness (QED) is 0.723. The van der Waals surface area contributed by atoms with E-state index in [1.807, 2.05) is 30.5 Å². The SMILES string of the molecule is CN1C(c2ccccn2)=N[C@@H](c2ccccc2)[C@@H]1c1ccccc1. The molecule has 0 fully saturated rings. The molecule has 3 nitrogen and oxygen atoms in total. The third-order valence-corrected chi connectivity index (χ3v) is 4.49. The van der Waals surface area contributed by atoms with Crippen LogP contribution in [0.4, 0.5) is 0 Å². The van der Waals surface area contributed by atoms with Crippen LogP contribution in [0, 0.1) is 0 Å². The van der Waals surface area contributed by atoms with Crippen LogP contribution in [0.15, 0.2) is 90.1 Å². The van der Waals surface area contributed by atoms with Crippen molar-refractivity contribution in [3.8, 4) is 0 Å². The molecule has 0 saturated carbocycles. The van der Waals surface area contributed by atoms with Gasteiger partial charge in [0.1, 0.15) is 11.7 Å². The Balaban J connectivity index is 1.81. The van der Waals surface area contributed by atoms with Gasteiger partial charge in [0.25, 0.3) is 0 Å². The van der Waals surface area contributed by atoms with E-state index in [1.165, 1.54) is 11.1 Å². The van der Waals surface area contributed by atoms with Crippen molar-refractivity contribution in [1.82, 2.24) is 9.88 Å². The van der Waals surface area contributed by atoms with Crippen LogP contribution in [0.25, 0.3) is 0 Å². The van der Waals surface area contributed by atoms with Gasteiger partial charge >= 0.3 is 0 Å². The maximum atomic E-state index is 5.05. The Bertz CT molecular complexity index is 829. The van der Waals surface area contributed by atoms with Crippen molar-refractivity contribution < 1.29 is 0 Å². The van der Waals surface area contributed by atoms with Crippen LogP contribution in [-0.4, -0.2) is 22.8 Å². The minimum absolute atomic E-state index is 0.0654. The Morgan fingerprint density at radius 2 is 1.38 bits per heavy atom. The fourth-order valence-electron chi connectivity index (χ4n) is 3.34. The summed E-state index contributed by atoms with van der Waals surface area (Å²) in [4.78, 5) is 11.8. The van der Waals surface area contributed by atoms with Crippen LogP contribution >= 0.6 is 0 Å². The Labute approximate surface area is 142 Å². The van der Waals surface area contributed by atoms with Crippen LogP contribution in [0.1, 0.15) is 28.9 Å². The second-order valence-electron chi connectivity index (χ2n) is 5.99. The van der Waals surface area contributed by atoms with E-state index in [0.29, 0.717) is 0 Å². The summed E-state index contributed by atoms with van der Waals surface area (Å²) < 4.78 is 0. The topological polar surface area (TPSA) is 28.5 Å². The molecule has 0 aliphatic carbocycles. The minimum atomic E-state index is 0.0654. The van der Waals surface area contributed by atoms with E-state index in [4.69, 9.17) is 4.99 Å². The molecule has 24 heavy (non-hydrogen) atoms. The first-order valence-corrected chi connectivity index (χ1v) is 8.16. The third kappa shape index (κ3) is 2.58. The molecule has 4 rings (SSSR count). The number of amidine groups is 1. The molecule has 2 heterocycles. The number of likely N-dealkylation sites (N-methyl/N-ethyl adjacent to an activating group) is 1. The molecule has 0 bridgehead atoms. The van der Waals surface area contributed by atoms with Gasteiger partial charge in [-0.05, 0) is 23.3 Å². The van der Waals surface area contributed by atoms with Gasteiger partial charge in [-0.1, -0.05) is 66.7 Å². The predicted molar refractivity (Wildman–Crippen MR) is 96.9 cm³/mol. The van der Waals surface area contributed by atoms with E-state index < -0.39 is 0 Å². The molecular formula is C21H19N3. The molecule has 2 aromatic carbocycles. The fourth-order valence-corrected chi connectivity index (χ4v) is 3.34. The van der Waals surface area contributed by atoms with Gasteiger partial charge in [-0.2, -0.15) is 0 Å². The van der Waals surface area contributed by atoms with Crippen molar-refractivity contribution in [1.29, 1.82) is 0 Å². The Hall–Kier alpha value is -2.94. The number of pyridine rings is 1. The zero-order chi connectivity index (χ0) is 16.4. The molecule has 0 radical (unpaired) electrons. The molecule has 0 spiro atoms. The lowest BCUT2D eigenvalue weighted by atomic mass is 9.94. The van der Waals surface area contributed by atoms with Gasteiger partial charge in [-0.25, -0.2) is 0 Å². The van der Waals surface area contributed by atoms with E-state index in [0.717, 1.165) is 11.5 Å². The molecule has 3 aromatic rings. The second kappa shape index (κ2) is 6.28. The standard InChI is InChI=1S/C21H19N3/c1-24-20(17-12-6-3-7-13-17)19(16-10-4-2-5-11-16)23-21(24)18-14-8-9-15-22-18/h2-15,19-20H,1H3/t19-,20-/m0/s1. The van der Waals surface area contributed by atoms with E-state index in [2.05, 4.69) is 71.5 Å². The summed E-state index contributed by atoms with van der Waals surface area (Å²) in [5.74, 6) is 0.943. The third-order valence-electron chi connectivity index (χ3n) is 4.49. The van der Waals surface area contributed by atoms with E-state index in [1.54, 1.807) is 0 Å². The van der Waals surface area contributed by atoms with Crippen molar-refractivity contribution >= 4 is 5.84 Å². The predicted octanol–water partition coefficient (Wildman–Crippen LogP) is 4.26. The average molecular weight is 313 g/mol. The van der Waals surface area contributed by atoms with Crippen molar-refractivity contribution in [2.75, 3.05) is 7.05 Å². The van der Waals surface area contributed by atoms with Crippen molar-refractivity contribution in [3.05, 3.63) is 102 Å². The molecule has 0 unspecified atom stereocenters. The lowest BCUT2D eigenvalue weighted by molar-refractivity contribution is 0.364. The smallest absolute Gasteiger partial charge is 0.150 e. The second-order valence-corrected chi connectivity index (χ2v) is 5.99. The highest BCUT2D eigenvalue weighted by atomic mass is 15.3. The number of nitrogens with zero attached hydrogens (tertiary/aromatic N) is 3. The number of rotatable bonds is 3. The summed E-state index contributed by atoms with van der Waals surface area (Å²) in [7, 11) is 2.11. The number of aliphatic imine (C=N–C) groups is 1. The average Bonchev–Trinajstić information content (AvgIpc) is 3.01. The summed E-state index contributed by atoms with van der Waals surface area (Å²) in [6.45, 7) is 0. The monoisotopic (exact) mass is 313 g/mol. The molecule has 1 aromatic heterocycles. The van der Waals surface area contributed by atoms with Gasteiger partial charge in [0, 0.05) is 13.2 Å². The summed E-state index contributed by atoms with van der Waals surface area (Å²) in [5, 5.41) is 0. The molecular weight excluding hydrogens is 294 g/mol.